The van der Waals surface area contributed by atoms with Crippen LogP contribution in [0.3, 0.4) is 0 Å². The molecule has 1 aromatic carbocycles. The van der Waals surface area contributed by atoms with Crippen LogP contribution in [0, 0.1) is 5.92 Å². The summed E-state index contributed by atoms with van der Waals surface area (Å²) >= 11 is 0. The fourth-order valence-corrected chi connectivity index (χ4v) is 2.63. The molecule has 6 heteroatoms. The second kappa shape index (κ2) is 7.13. The largest absolute Gasteiger partial charge is 0.416 e. The quantitative estimate of drug-likeness (QED) is 0.928. The molecule has 1 saturated heterocycles. The van der Waals surface area contributed by atoms with Crippen LogP contribution >= 0.6 is 0 Å². The lowest BCUT2D eigenvalue weighted by molar-refractivity contribution is -0.137. The van der Waals surface area contributed by atoms with Gasteiger partial charge < -0.3 is 10.0 Å². The van der Waals surface area contributed by atoms with Gasteiger partial charge in [-0.25, -0.2) is 0 Å². The van der Waals surface area contributed by atoms with Gasteiger partial charge in [0, 0.05) is 26.1 Å². The van der Waals surface area contributed by atoms with Crippen molar-refractivity contribution < 1.29 is 23.1 Å². The summed E-state index contributed by atoms with van der Waals surface area (Å²) in [5, 5.41) is 9.06. The third kappa shape index (κ3) is 4.47. The fourth-order valence-electron chi connectivity index (χ4n) is 2.63. The Bertz CT molecular complexity index is 491. The van der Waals surface area contributed by atoms with Gasteiger partial charge in [0.2, 0.25) is 5.91 Å². The molecule has 0 bridgehead atoms. The molecule has 0 aliphatic carbocycles. The summed E-state index contributed by atoms with van der Waals surface area (Å²) in [4.78, 5) is 13.9. The molecule has 2 rings (SSSR count). The number of piperidine rings is 1. The number of likely N-dealkylation sites (tertiary alicyclic amines) is 1. The number of aliphatic hydroxyl groups excluding tert-OH is 1. The van der Waals surface area contributed by atoms with Crippen molar-refractivity contribution in [2.45, 2.75) is 31.9 Å². The average Bonchev–Trinajstić information content (AvgIpc) is 2.52. The van der Waals surface area contributed by atoms with E-state index in [1.807, 2.05) is 0 Å². The van der Waals surface area contributed by atoms with E-state index in [4.69, 9.17) is 5.11 Å². The molecular weight excluding hydrogens is 295 g/mol. The summed E-state index contributed by atoms with van der Waals surface area (Å²) in [7, 11) is 0. The zero-order chi connectivity index (χ0) is 16.2. The van der Waals surface area contributed by atoms with Crippen molar-refractivity contribution >= 4 is 5.91 Å². The standard InChI is InChI=1S/C16H20F3NO2/c17-16(18,19)14-4-1-12(2-5-14)3-6-15(22)20-9-7-13(11-21)8-10-20/h1-2,4-5,13,21H,3,6-11H2. The van der Waals surface area contributed by atoms with Crippen molar-refractivity contribution in [3.05, 3.63) is 35.4 Å². The van der Waals surface area contributed by atoms with Crippen LogP contribution in [0.4, 0.5) is 13.2 Å². The molecule has 1 aliphatic heterocycles. The molecule has 0 unspecified atom stereocenters. The smallest absolute Gasteiger partial charge is 0.396 e. The highest BCUT2D eigenvalue weighted by Crippen LogP contribution is 2.29. The Morgan fingerprint density at radius 1 is 1.18 bits per heavy atom. The average molecular weight is 315 g/mol. The molecule has 0 aromatic heterocycles. The van der Waals surface area contributed by atoms with E-state index in [2.05, 4.69) is 0 Å². The van der Waals surface area contributed by atoms with E-state index in [1.54, 1.807) is 4.90 Å². The monoisotopic (exact) mass is 315 g/mol. The lowest BCUT2D eigenvalue weighted by atomic mass is 9.97. The second-order valence-electron chi connectivity index (χ2n) is 5.70. The summed E-state index contributed by atoms with van der Waals surface area (Å²) in [5.41, 5.74) is 0.0558. The molecule has 0 radical (unpaired) electrons. The van der Waals surface area contributed by atoms with E-state index in [1.165, 1.54) is 12.1 Å². The van der Waals surface area contributed by atoms with Crippen LogP contribution in [0.5, 0.6) is 0 Å². The van der Waals surface area contributed by atoms with E-state index in [0.29, 0.717) is 25.9 Å². The summed E-state index contributed by atoms with van der Waals surface area (Å²) < 4.78 is 37.4. The Morgan fingerprint density at radius 3 is 2.27 bits per heavy atom. The third-order valence-corrected chi connectivity index (χ3v) is 4.13. The van der Waals surface area contributed by atoms with E-state index >= 15 is 0 Å². The second-order valence-corrected chi connectivity index (χ2v) is 5.70. The van der Waals surface area contributed by atoms with Gasteiger partial charge in [0.1, 0.15) is 0 Å². The van der Waals surface area contributed by atoms with Gasteiger partial charge in [-0.1, -0.05) is 12.1 Å². The normalized spacial score (nSPS) is 16.8. The van der Waals surface area contributed by atoms with Crippen LogP contribution in [0.2, 0.25) is 0 Å². The van der Waals surface area contributed by atoms with Crippen molar-refractivity contribution in [3.8, 4) is 0 Å². The third-order valence-electron chi connectivity index (χ3n) is 4.13. The van der Waals surface area contributed by atoms with Gasteiger partial charge >= 0.3 is 6.18 Å². The van der Waals surface area contributed by atoms with Crippen molar-refractivity contribution in [1.29, 1.82) is 0 Å². The summed E-state index contributed by atoms with van der Waals surface area (Å²) in [5.74, 6) is 0.301. The minimum atomic E-state index is -4.33. The number of aliphatic hydroxyl groups is 1. The first-order valence-corrected chi connectivity index (χ1v) is 7.45. The number of rotatable bonds is 4. The van der Waals surface area contributed by atoms with Gasteiger partial charge in [0.15, 0.2) is 0 Å². The number of carbonyl (C=O) groups is 1. The first-order valence-electron chi connectivity index (χ1n) is 7.45. The molecule has 0 spiro atoms. The highest BCUT2D eigenvalue weighted by molar-refractivity contribution is 5.76. The molecule has 0 saturated carbocycles. The fraction of sp³-hybridized carbons (Fsp3) is 0.562. The Hall–Kier alpha value is -1.56. The highest BCUT2D eigenvalue weighted by atomic mass is 19.4. The first kappa shape index (κ1) is 16.8. The minimum Gasteiger partial charge on any atom is -0.396 e. The van der Waals surface area contributed by atoms with Crippen molar-refractivity contribution in [2.75, 3.05) is 19.7 Å². The Labute approximate surface area is 127 Å². The molecule has 1 fully saturated rings. The zero-order valence-electron chi connectivity index (χ0n) is 12.3. The van der Waals surface area contributed by atoms with Crippen molar-refractivity contribution in [3.63, 3.8) is 0 Å². The van der Waals surface area contributed by atoms with E-state index in [0.717, 1.165) is 30.5 Å². The molecule has 22 heavy (non-hydrogen) atoms. The number of benzene rings is 1. The number of aryl methyl sites for hydroxylation is 1. The maximum absolute atomic E-state index is 12.5. The molecule has 0 atom stereocenters. The van der Waals surface area contributed by atoms with Crippen molar-refractivity contribution in [2.24, 2.45) is 5.92 Å². The Balaban J connectivity index is 1.81. The number of amides is 1. The van der Waals surface area contributed by atoms with E-state index in [-0.39, 0.29) is 18.4 Å². The molecule has 3 nitrogen and oxygen atoms in total. The Morgan fingerprint density at radius 2 is 1.77 bits per heavy atom. The summed E-state index contributed by atoms with van der Waals surface area (Å²) in [6.07, 6.45) is -1.97. The zero-order valence-corrected chi connectivity index (χ0v) is 12.3. The maximum Gasteiger partial charge on any atom is 0.416 e. The molecule has 1 amide bonds. The SMILES string of the molecule is O=C(CCc1ccc(C(F)(F)F)cc1)N1CCC(CO)CC1. The number of halogens is 3. The Kier molecular flexibility index (Phi) is 5.45. The molecule has 1 aliphatic rings. The van der Waals surface area contributed by atoms with Crippen LogP contribution in [0.25, 0.3) is 0 Å². The molecule has 1 aromatic rings. The predicted octanol–water partition coefficient (Wildman–Crippen LogP) is 2.87. The van der Waals surface area contributed by atoms with E-state index < -0.39 is 11.7 Å². The number of alkyl halides is 3. The lowest BCUT2D eigenvalue weighted by Gasteiger charge is -2.31. The predicted molar refractivity (Wildman–Crippen MR) is 76.2 cm³/mol. The number of hydrogen-bond acceptors (Lipinski definition) is 2. The van der Waals surface area contributed by atoms with Crippen LogP contribution in [0.1, 0.15) is 30.4 Å². The minimum absolute atomic E-state index is 0.0243. The molecule has 1 heterocycles. The number of carbonyl (C=O) groups excluding carboxylic acids is 1. The molecule has 1 N–H and O–H groups in total. The van der Waals surface area contributed by atoms with E-state index in [9.17, 15) is 18.0 Å². The summed E-state index contributed by atoms with van der Waals surface area (Å²) in [6.45, 7) is 1.46. The lowest BCUT2D eigenvalue weighted by Crippen LogP contribution is -2.39. The number of nitrogens with zero attached hydrogens (tertiary/aromatic N) is 1. The van der Waals surface area contributed by atoms with Gasteiger partial charge in [-0.15, -0.1) is 0 Å². The van der Waals surface area contributed by atoms with Crippen LogP contribution in [0.15, 0.2) is 24.3 Å². The molecular formula is C16H20F3NO2. The van der Waals surface area contributed by atoms with Crippen LogP contribution < -0.4 is 0 Å². The van der Waals surface area contributed by atoms with Crippen molar-refractivity contribution in [1.82, 2.24) is 4.90 Å². The topological polar surface area (TPSA) is 40.5 Å². The van der Waals surface area contributed by atoms with Gasteiger partial charge in [-0.3, -0.25) is 4.79 Å². The van der Waals surface area contributed by atoms with Gasteiger partial charge in [0.25, 0.3) is 0 Å². The van der Waals surface area contributed by atoms with Crippen LogP contribution in [-0.4, -0.2) is 35.6 Å². The summed E-state index contributed by atoms with van der Waals surface area (Å²) in [6, 6.07) is 4.95. The van der Waals surface area contributed by atoms with Gasteiger partial charge in [0.05, 0.1) is 5.56 Å². The van der Waals surface area contributed by atoms with Gasteiger partial charge in [-0.05, 0) is 42.9 Å². The highest BCUT2D eigenvalue weighted by Gasteiger charge is 2.30. The van der Waals surface area contributed by atoms with Gasteiger partial charge in [-0.2, -0.15) is 13.2 Å². The molecule has 122 valence electrons. The maximum atomic E-state index is 12.5. The number of hydrogen-bond donors (Lipinski definition) is 1. The van der Waals surface area contributed by atoms with Crippen LogP contribution in [-0.2, 0) is 17.4 Å². The first-order chi connectivity index (χ1) is 10.4.